The molecule has 1 unspecified atom stereocenters. The summed E-state index contributed by atoms with van der Waals surface area (Å²) in [5.41, 5.74) is 0.847. The van der Waals surface area contributed by atoms with Gasteiger partial charge >= 0.3 is 0 Å². The van der Waals surface area contributed by atoms with E-state index in [2.05, 4.69) is 43.3 Å². The van der Waals surface area contributed by atoms with Gasteiger partial charge in [-0.2, -0.15) is 4.98 Å². The molecule has 1 aliphatic rings. The molecule has 0 radical (unpaired) electrons. The van der Waals surface area contributed by atoms with Crippen molar-refractivity contribution in [3.8, 4) is 17.2 Å². The Morgan fingerprint density at radius 1 is 1.39 bits per heavy atom. The Labute approximate surface area is 144 Å². The highest BCUT2D eigenvalue weighted by atomic mass is 79.9. The zero-order valence-electron chi connectivity index (χ0n) is 13.5. The summed E-state index contributed by atoms with van der Waals surface area (Å²) in [5.74, 6) is 2.00. The molecule has 1 aromatic heterocycles. The van der Waals surface area contributed by atoms with E-state index in [4.69, 9.17) is 9.26 Å². The third kappa shape index (κ3) is 3.91. The monoisotopic (exact) mass is 380 g/mol. The van der Waals surface area contributed by atoms with Gasteiger partial charge in [-0.25, -0.2) is 0 Å². The Balaban J connectivity index is 1.86. The molecule has 1 N–H and O–H groups in total. The molecule has 1 atom stereocenters. The van der Waals surface area contributed by atoms with Gasteiger partial charge < -0.3 is 14.6 Å². The SMILES string of the molecule is CC(C)Oc1cc(Br)cc(-c2nc(C3CNCCN3C)no2)c1. The van der Waals surface area contributed by atoms with Gasteiger partial charge in [0.1, 0.15) is 5.75 Å². The number of piperazine rings is 1. The van der Waals surface area contributed by atoms with Gasteiger partial charge in [-0.3, -0.25) is 4.90 Å². The minimum atomic E-state index is 0.109. The van der Waals surface area contributed by atoms with Crippen LogP contribution in [-0.2, 0) is 0 Å². The predicted octanol–water partition coefficient (Wildman–Crippen LogP) is 2.86. The Morgan fingerprint density at radius 2 is 2.22 bits per heavy atom. The molecule has 6 nitrogen and oxygen atoms in total. The van der Waals surface area contributed by atoms with Crippen molar-refractivity contribution in [3.63, 3.8) is 0 Å². The van der Waals surface area contributed by atoms with Crippen LogP contribution >= 0.6 is 15.9 Å². The molecule has 1 aliphatic heterocycles. The second-order valence-corrected chi connectivity index (χ2v) is 6.92. The van der Waals surface area contributed by atoms with Crippen molar-refractivity contribution in [1.82, 2.24) is 20.4 Å². The highest BCUT2D eigenvalue weighted by Crippen LogP contribution is 2.29. The Bertz CT molecular complexity index is 674. The van der Waals surface area contributed by atoms with Gasteiger partial charge in [0.2, 0.25) is 0 Å². The molecule has 1 aromatic carbocycles. The fraction of sp³-hybridized carbons (Fsp3) is 0.500. The Morgan fingerprint density at radius 3 is 2.96 bits per heavy atom. The lowest BCUT2D eigenvalue weighted by atomic mass is 10.2. The summed E-state index contributed by atoms with van der Waals surface area (Å²) in [5, 5.41) is 7.52. The second-order valence-electron chi connectivity index (χ2n) is 6.00. The van der Waals surface area contributed by atoms with Crippen LogP contribution in [0.25, 0.3) is 11.5 Å². The first-order chi connectivity index (χ1) is 11.0. The van der Waals surface area contributed by atoms with Crippen LogP contribution in [0.15, 0.2) is 27.2 Å². The van der Waals surface area contributed by atoms with Crippen LogP contribution in [0, 0.1) is 0 Å². The van der Waals surface area contributed by atoms with E-state index in [1.807, 2.05) is 32.0 Å². The molecule has 1 fully saturated rings. The number of hydrogen-bond acceptors (Lipinski definition) is 6. The summed E-state index contributed by atoms with van der Waals surface area (Å²) in [6.07, 6.45) is 0.109. The van der Waals surface area contributed by atoms with E-state index in [1.165, 1.54) is 0 Å². The molecule has 0 amide bonds. The predicted molar refractivity (Wildman–Crippen MR) is 91.4 cm³/mol. The van der Waals surface area contributed by atoms with Crippen molar-refractivity contribution in [1.29, 1.82) is 0 Å². The van der Waals surface area contributed by atoms with Crippen LogP contribution in [0.3, 0.4) is 0 Å². The summed E-state index contributed by atoms with van der Waals surface area (Å²) in [7, 11) is 2.08. The van der Waals surface area contributed by atoms with Gasteiger partial charge in [-0.05, 0) is 39.1 Å². The van der Waals surface area contributed by atoms with Gasteiger partial charge in [0, 0.05) is 29.7 Å². The highest BCUT2D eigenvalue weighted by molar-refractivity contribution is 9.10. The first-order valence-corrected chi connectivity index (χ1v) is 8.54. The molecule has 7 heteroatoms. The minimum absolute atomic E-state index is 0.109. The number of nitrogens with zero attached hydrogens (tertiary/aromatic N) is 3. The molecule has 0 bridgehead atoms. The Hall–Kier alpha value is -1.44. The summed E-state index contributed by atoms with van der Waals surface area (Å²) in [4.78, 5) is 6.82. The van der Waals surface area contributed by atoms with Crippen molar-refractivity contribution in [3.05, 3.63) is 28.5 Å². The molecular weight excluding hydrogens is 360 g/mol. The van der Waals surface area contributed by atoms with Crippen LogP contribution in [-0.4, -0.2) is 47.8 Å². The number of aromatic nitrogens is 2. The fourth-order valence-corrected chi connectivity index (χ4v) is 3.08. The maximum absolute atomic E-state index is 5.76. The van der Waals surface area contributed by atoms with Gasteiger partial charge in [-0.1, -0.05) is 21.1 Å². The van der Waals surface area contributed by atoms with E-state index in [0.717, 1.165) is 35.4 Å². The Kier molecular flexibility index (Phi) is 4.99. The molecule has 124 valence electrons. The van der Waals surface area contributed by atoms with Crippen LogP contribution in [0.4, 0.5) is 0 Å². The third-order valence-electron chi connectivity index (χ3n) is 3.74. The van der Waals surface area contributed by atoms with E-state index in [0.29, 0.717) is 11.7 Å². The second kappa shape index (κ2) is 6.98. The molecule has 1 saturated heterocycles. The zero-order valence-corrected chi connectivity index (χ0v) is 15.1. The van der Waals surface area contributed by atoms with Crippen LogP contribution in [0.2, 0.25) is 0 Å². The highest BCUT2D eigenvalue weighted by Gasteiger charge is 2.25. The molecule has 0 saturated carbocycles. The van der Waals surface area contributed by atoms with Crippen LogP contribution in [0.5, 0.6) is 5.75 Å². The summed E-state index contributed by atoms with van der Waals surface area (Å²) in [6.45, 7) is 6.78. The normalized spacial score (nSPS) is 19.3. The molecule has 23 heavy (non-hydrogen) atoms. The number of hydrogen-bond donors (Lipinski definition) is 1. The number of likely N-dealkylation sites (N-methyl/N-ethyl adjacent to an activating group) is 1. The summed E-state index contributed by atoms with van der Waals surface area (Å²) >= 11 is 3.51. The topological polar surface area (TPSA) is 63.4 Å². The zero-order chi connectivity index (χ0) is 16.4. The van der Waals surface area contributed by atoms with E-state index in [9.17, 15) is 0 Å². The average molecular weight is 381 g/mol. The van der Waals surface area contributed by atoms with Crippen LogP contribution < -0.4 is 10.1 Å². The number of benzene rings is 1. The van der Waals surface area contributed by atoms with E-state index < -0.39 is 0 Å². The van der Waals surface area contributed by atoms with Gasteiger partial charge in [0.25, 0.3) is 5.89 Å². The van der Waals surface area contributed by atoms with Crippen molar-refractivity contribution in [2.24, 2.45) is 0 Å². The van der Waals surface area contributed by atoms with Crippen molar-refractivity contribution in [2.45, 2.75) is 26.0 Å². The first kappa shape index (κ1) is 16.4. The fourth-order valence-electron chi connectivity index (χ4n) is 2.61. The largest absolute Gasteiger partial charge is 0.491 e. The van der Waals surface area contributed by atoms with Crippen molar-refractivity contribution < 1.29 is 9.26 Å². The molecule has 0 aliphatic carbocycles. The average Bonchev–Trinajstić information content (AvgIpc) is 2.96. The number of ether oxygens (including phenoxy) is 1. The number of rotatable bonds is 4. The van der Waals surface area contributed by atoms with E-state index in [-0.39, 0.29) is 12.1 Å². The third-order valence-corrected chi connectivity index (χ3v) is 4.20. The van der Waals surface area contributed by atoms with Crippen molar-refractivity contribution in [2.75, 3.05) is 26.7 Å². The number of nitrogens with one attached hydrogen (secondary N) is 1. The molecule has 2 aromatic rings. The van der Waals surface area contributed by atoms with Crippen molar-refractivity contribution >= 4 is 15.9 Å². The maximum atomic E-state index is 5.76. The summed E-state index contributed by atoms with van der Waals surface area (Å²) < 4.78 is 12.2. The first-order valence-electron chi connectivity index (χ1n) is 7.75. The molecular formula is C16H21BrN4O2. The summed E-state index contributed by atoms with van der Waals surface area (Å²) in [6, 6.07) is 5.94. The maximum Gasteiger partial charge on any atom is 0.258 e. The van der Waals surface area contributed by atoms with Gasteiger partial charge in [-0.15, -0.1) is 0 Å². The molecule has 2 heterocycles. The van der Waals surface area contributed by atoms with Crippen LogP contribution in [0.1, 0.15) is 25.7 Å². The number of halogens is 1. The van der Waals surface area contributed by atoms with E-state index in [1.54, 1.807) is 0 Å². The van der Waals surface area contributed by atoms with E-state index >= 15 is 0 Å². The van der Waals surface area contributed by atoms with Gasteiger partial charge in [0.05, 0.1) is 12.1 Å². The molecule has 0 spiro atoms. The lowest BCUT2D eigenvalue weighted by molar-refractivity contribution is 0.190. The lowest BCUT2D eigenvalue weighted by Crippen LogP contribution is -2.44. The van der Waals surface area contributed by atoms with Gasteiger partial charge in [0.15, 0.2) is 5.82 Å². The molecule has 3 rings (SSSR count). The lowest BCUT2D eigenvalue weighted by Gasteiger charge is -2.30. The quantitative estimate of drug-likeness (QED) is 0.879. The minimum Gasteiger partial charge on any atom is -0.491 e. The standard InChI is InChI=1S/C16H21BrN4O2/c1-10(2)22-13-7-11(6-12(17)8-13)16-19-15(20-23-16)14-9-18-4-5-21(14)3/h6-8,10,14,18H,4-5,9H2,1-3H3. The smallest absolute Gasteiger partial charge is 0.258 e.